The number of benzene rings is 1. The number of aryl methyl sites for hydroxylation is 1. The summed E-state index contributed by atoms with van der Waals surface area (Å²) in [5, 5.41) is 13.9. The molecule has 0 aliphatic heterocycles. The minimum Gasteiger partial charge on any atom is -0.325 e. The van der Waals surface area contributed by atoms with Crippen LogP contribution in [0.25, 0.3) is 0 Å². The van der Waals surface area contributed by atoms with Gasteiger partial charge in [0.15, 0.2) is 4.34 Å². The third kappa shape index (κ3) is 5.04. The molecular formula is C16H20N4O2S2. The Bertz CT molecular complexity index is 743. The first-order valence-electron chi connectivity index (χ1n) is 7.50. The van der Waals surface area contributed by atoms with Crippen LogP contribution in [0, 0.1) is 19.8 Å². The molecular weight excluding hydrogens is 344 g/mol. The normalized spacial score (nSPS) is 10.7. The fourth-order valence-corrected chi connectivity index (χ4v) is 3.32. The highest BCUT2D eigenvalue weighted by Gasteiger charge is 2.13. The van der Waals surface area contributed by atoms with Crippen molar-refractivity contribution in [3.8, 4) is 0 Å². The van der Waals surface area contributed by atoms with Crippen molar-refractivity contribution in [1.29, 1.82) is 0 Å². The summed E-state index contributed by atoms with van der Waals surface area (Å²) in [6.45, 7) is 7.60. The molecule has 128 valence electrons. The molecule has 2 rings (SSSR count). The van der Waals surface area contributed by atoms with Crippen molar-refractivity contribution < 1.29 is 9.59 Å². The highest BCUT2D eigenvalue weighted by Crippen LogP contribution is 2.26. The molecule has 24 heavy (non-hydrogen) atoms. The van der Waals surface area contributed by atoms with E-state index in [2.05, 4.69) is 20.8 Å². The molecule has 1 aromatic heterocycles. The van der Waals surface area contributed by atoms with Crippen LogP contribution in [0.5, 0.6) is 0 Å². The summed E-state index contributed by atoms with van der Waals surface area (Å²) in [5.74, 6) is -0.0828. The first kappa shape index (κ1) is 18.4. The molecule has 0 aliphatic carbocycles. The van der Waals surface area contributed by atoms with Gasteiger partial charge in [-0.15, -0.1) is 10.2 Å². The molecule has 2 N–H and O–H groups in total. The molecule has 0 unspecified atom stereocenters. The van der Waals surface area contributed by atoms with Gasteiger partial charge in [0.05, 0.1) is 5.75 Å². The number of amides is 2. The molecule has 0 radical (unpaired) electrons. The monoisotopic (exact) mass is 364 g/mol. The van der Waals surface area contributed by atoms with Crippen molar-refractivity contribution in [3.05, 3.63) is 29.3 Å². The van der Waals surface area contributed by atoms with E-state index in [1.165, 1.54) is 23.1 Å². The Morgan fingerprint density at radius 1 is 1.21 bits per heavy atom. The van der Waals surface area contributed by atoms with E-state index < -0.39 is 0 Å². The Labute approximate surface area is 149 Å². The van der Waals surface area contributed by atoms with Gasteiger partial charge in [0.25, 0.3) is 0 Å². The predicted molar refractivity (Wildman–Crippen MR) is 98.6 cm³/mol. The zero-order chi connectivity index (χ0) is 17.7. The molecule has 0 spiro atoms. The van der Waals surface area contributed by atoms with Crippen LogP contribution in [0.1, 0.15) is 25.0 Å². The van der Waals surface area contributed by atoms with Gasteiger partial charge in [0.1, 0.15) is 0 Å². The van der Waals surface area contributed by atoms with Gasteiger partial charge in [-0.25, -0.2) is 0 Å². The van der Waals surface area contributed by atoms with Gasteiger partial charge in [0, 0.05) is 11.6 Å². The molecule has 1 aromatic carbocycles. The quantitative estimate of drug-likeness (QED) is 0.605. The lowest BCUT2D eigenvalue weighted by Crippen LogP contribution is -2.17. The van der Waals surface area contributed by atoms with Crippen LogP contribution < -0.4 is 10.6 Å². The Kier molecular flexibility index (Phi) is 6.33. The topological polar surface area (TPSA) is 84.0 Å². The molecule has 2 amide bonds. The van der Waals surface area contributed by atoms with Crippen molar-refractivity contribution in [2.45, 2.75) is 32.0 Å². The Hall–Kier alpha value is -1.93. The molecule has 0 aliphatic rings. The van der Waals surface area contributed by atoms with Gasteiger partial charge >= 0.3 is 0 Å². The largest absolute Gasteiger partial charge is 0.325 e. The number of thioether (sulfide) groups is 1. The standard InChI is InChI=1S/C16H20N4O2S2/c1-9(2)14(22)18-15-19-20-16(24-15)23-8-13(21)17-12-7-5-6-10(3)11(12)4/h5-7,9H,8H2,1-4H3,(H,17,21)(H,18,19,22). The smallest absolute Gasteiger partial charge is 0.234 e. The zero-order valence-electron chi connectivity index (χ0n) is 14.0. The second-order valence-electron chi connectivity index (χ2n) is 5.60. The maximum Gasteiger partial charge on any atom is 0.234 e. The van der Waals surface area contributed by atoms with E-state index in [1.54, 1.807) is 0 Å². The Balaban J connectivity index is 1.87. The van der Waals surface area contributed by atoms with Crippen LogP contribution >= 0.6 is 23.1 Å². The summed E-state index contributed by atoms with van der Waals surface area (Å²) < 4.78 is 0.644. The van der Waals surface area contributed by atoms with E-state index in [4.69, 9.17) is 0 Å². The lowest BCUT2D eigenvalue weighted by atomic mass is 10.1. The van der Waals surface area contributed by atoms with Gasteiger partial charge in [-0.3, -0.25) is 9.59 Å². The minimum atomic E-state index is -0.117. The Morgan fingerprint density at radius 3 is 2.67 bits per heavy atom. The number of carbonyl (C=O) groups is 2. The van der Waals surface area contributed by atoms with Crippen molar-refractivity contribution in [2.75, 3.05) is 16.4 Å². The van der Waals surface area contributed by atoms with E-state index in [9.17, 15) is 9.59 Å². The van der Waals surface area contributed by atoms with Crippen LogP contribution in [0.4, 0.5) is 10.8 Å². The predicted octanol–water partition coefficient (Wildman–Crippen LogP) is 3.48. The van der Waals surface area contributed by atoms with Crippen LogP contribution in [0.3, 0.4) is 0 Å². The third-order valence-electron chi connectivity index (χ3n) is 3.37. The summed E-state index contributed by atoms with van der Waals surface area (Å²) >= 11 is 2.56. The van der Waals surface area contributed by atoms with Crippen molar-refractivity contribution in [3.63, 3.8) is 0 Å². The lowest BCUT2D eigenvalue weighted by molar-refractivity contribution is -0.119. The minimum absolute atomic E-state index is 0.100. The maximum absolute atomic E-state index is 12.1. The fraction of sp³-hybridized carbons (Fsp3) is 0.375. The highest BCUT2D eigenvalue weighted by atomic mass is 32.2. The summed E-state index contributed by atoms with van der Waals surface area (Å²) in [6, 6.07) is 5.81. The Morgan fingerprint density at radius 2 is 1.96 bits per heavy atom. The average molecular weight is 364 g/mol. The van der Waals surface area contributed by atoms with Gasteiger partial charge < -0.3 is 10.6 Å². The highest BCUT2D eigenvalue weighted by molar-refractivity contribution is 8.01. The third-order valence-corrected chi connectivity index (χ3v) is 5.34. The lowest BCUT2D eigenvalue weighted by Gasteiger charge is -2.09. The van der Waals surface area contributed by atoms with E-state index >= 15 is 0 Å². The van der Waals surface area contributed by atoms with E-state index in [0.29, 0.717) is 9.47 Å². The first-order valence-corrected chi connectivity index (χ1v) is 9.30. The SMILES string of the molecule is Cc1cccc(NC(=O)CSc2nnc(NC(=O)C(C)C)s2)c1C. The van der Waals surface area contributed by atoms with Crippen molar-refractivity contribution >= 4 is 45.7 Å². The van der Waals surface area contributed by atoms with Gasteiger partial charge in [-0.1, -0.05) is 49.1 Å². The van der Waals surface area contributed by atoms with Crippen LogP contribution in [0.2, 0.25) is 0 Å². The van der Waals surface area contributed by atoms with Gasteiger partial charge in [-0.05, 0) is 31.0 Å². The molecule has 6 nitrogen and oxygen atoms in total. The van der Waals surface area contributed by atoms with Crippen LogP contribution in [0.15, 0.2) is 22.5 Å². The summed E-state index contributed by atoms with van der Waals surface area (Å²) in [6.07, 6.45) is 0. The summed E-state index contributed by atoms with van der Waals surface area (Å²) in [7, 11) is 0. The number of carbonyl (C=O) groups excluding carboxylic acids is 2. The van der Waals surface area contributed by atoms with E-state index in [0.717, 1.165) is 16.8 Å². The zero-order valence-corrected chi connectivity index (χ0v) is 15.7. The molecule has 0 saturated carbocycles. The molecule has 0 atom stereocenters. The van der Waals surface area contributed by atoms with Crippen LogP contribution in [-0.2, 0) is 9.59 Å². The number of nitrogens with one attached hydrogen (secondary N) is 2. The second kappa shape index (κ2) is 8.25. The van der Waals surface area contributed by atoms with Crippen molar-refractivity contribution in [1.82, 2.24) is 10.2 Å². The number of rotatable bonds is 6. The van der Waals surface area contributed by atoms with Crippen LogP contribution in [-0.4, -0.2) is 27.8 Å². The summed E-state index contributed by atoms with van der Waals surface area (Å²) in [4.78, 5) is 23.7. The molecule has 2 aromatic rings. The van der Waals surface area contributed by atoms with Gasteiger partial charge in [0.2, 0.25) is 16.9 Å². The number of anilines is 2. The molecule has 8 heteroatoms. The maximum atomic E-state index is 12.1. The van der Waals surface area contributed by atoms with Gasteiger partial charge in [-0.2, -0.15) is 0 Å². The number of hydrogen-bond acceptors (Lipinski definition) is 6. The number of hydrogen-bond donors (Lipinski definition) is 2. The molecule has 0 saturated heterocycles. The summed E-state index contributed by atoms with van der Waals surface area (Å²) in [5.41, 5.74) is 3.02. The average Bonchev–Trinajstić information content (AvgIpc) is 2.97. The number of aromatic nitrogens is 2. The number of nitrogens with zero attached hydrogens (tertiary/aromatic N) is 2. The second-order valence-corrected chi connectivity index (χ2v) is 7.80. The van der Waals surface area contributed by atoms with E-state index in [1.807, 2.05) is 45.9 Å². The first-order chi connectivity index (χ1) is 11.4. The molecule has 0 fully saturated rings. The molecule has 1 heterocycles. The fourth-order valence-electron chi connectivity index (χ4n) is 1.77. The van der Waals surface area contributed by atoms with Crippen molar-refractivity contribution in [2.24, 2.45) is 5.92 Å². The van der Waals surface area contributed by atoms with E-state index in [-0.39, 0.29) is 23.5 Å². The molecule has 0 bridgehead atoms.